The van der Waals surface area contributed by atoms with Gasteiger partial charge < -0.3 is 0 Å². The first-order valence-corrected chi connectivity index (χ1v) is 6.13. The van der Waals surface area contributed by atoms with Gasteiger partial charge in [-0.3, -0.25) is 4.79 Å². The number of ketones is 1. The fourth-order valence-electron chi connectivity index (χ4n) is 2.45. The van der Waals surface area contributed by atoms with Gasteiger partial charge in [0.1, 0.15) is 0 Å². The minimum atomic E-state index is 0.177. The summed E-state index contributed by atoms with van der Waals surface area (Å²) in [6.07, 6.45) is 0. The number of allylic oxidation sites excluding steroid dienone is 2. The summed E-state index contributed by atoms with van der Waals surface area (Å²) in [5.41, 5.74) is 5.70. The van der Waals surface area contributed by atoms with Gasteiger partial charge in [-0.05, 0) is 44.7 Å². The summed E-state index contributed by atoms with van der Waals surface area (Å²) in [5, 5.41) is 0. The van der Waals surface area contributed by atoms with Gasteiger partial charge in [-0.25, -0.2) is 0 Å². The minimum absolute atomic E-state index is 0.177. The second-order valence-corrected chi connectivity index (χ2v) is 5.13. The zero-order chi connectivity index (χ0) is 13.2. The van der Waals surface area contributed by atoms with Crippen molar-refractivity contribution in [2.75, 3.05) is 0 Å². The quantitative estimate of drug-likeness (QED) is 0.707. The van der Waals surface area contributed by atoms with E-state index in [1.807, 2.05) is 6.92 Å². The molecule has 1 heteroatoms. The maximum atomic E-state index is 11.7. The van der Waals surface area contributed by atoms with Gasteiger partial charge in [-0.1, -0.05) is 43.2 Å². The first kappa shape index (κ1) is 13.7. The van der Waals surface area contributed by atoms with Crippen molar-refractivity contribution in [3.63, 3.8) is 0 Å². The Kier molecular flexibility index (Phi) is 4.28. The third-order valence-electron chi connectivity index (χ3n) is 3.02. The van der Waals surface area contributed by atoms with Gasteiger partial charge in [0.25, 0.3) is 0 Å². The third-order valence-corrected chi connectivity index (χ3v) is 3.02. The first-order valence-electron chi connectivity index (χ1n) is 6.13. The van der Waals surface area contributed by atoms with Crippen LogP contribution in [0.2, 0.25) is 0 Å². The van der Waals surface area contributed by atoms with Crippen molar-refractivity contribution in [2.24, 2.45) is 5.92 Å². The van der Waals surface area contributed by atoms with Gasteiger partial charge in [0.2, 0.25) is 0 Å². The van der Waals surface area contributed by atoms with Gasteiger partial charge in [0.15, 0.2) is 5.78 Å². The van der Waals surface area contributed by atoms with Crippen molar-refractivity contribution in [2.45, 2.75) is 41.5 Å². The molecule has 0 fully saturated rings. The minimum Gasteiger partial charge on any atom is -0.295 e. The lowest BCUT2D eigenvalue weighted by Gasteiger charge is -2.14. The molecule has 0 unspecified atom stereocenters. The molecular formula is C16H22O. The Hall–Kier alpha value is -1.37. The van der Waals surface area contributed by atoms with Crippen LogP contribution in [0.5, 0.6) is 0 Å². The van der Waals surface area contributed by atoms with Crippen LogP contribution in [0.15, 0.2) is 23.8 Å². The SMILES string of the molecule is CC(=O)C(=C(C)c1cc(C)cc(C)c1)C(C)C. The van der Waals surface area contributed by atoms with E-state index in [1.165, 1.54) is 16.7 Å². The van der Waals surface area contributed by atoms with Crippen LogP contribution in [-0.4, -0.2) is 5.78 Å². The number of carbonyl (C=O) groups excluding carboxylic acids is 1. The van der Waals surface area contributed by atoms with E-state index in [2.05, 4.69) is 45.9 Å². The molecule has 0 aliphatic carbocycles. The summed E-state index contributed by atoms with van der Waals surface area (Å²) in [6.45, 7) is 12.0. The van der Waals surface area contributed by atoms with E-state index in [9.17, 15) is 4.79 Å². The van der Waals surface area contributed by atoms with E-state index in [-0.39, 0.29) is 11.7 Å². The standard InChI is InChI=1S/C16H22O/c1-10(2)16(14(6)17)13(5)15-8-11(3)7-12(4)9-15/h7-10H,1-6H3. The van der Waals surface area contributed by atoms with Gasteiger partial charge in [0.05, 0.1) is 0 Å². The highest BCUT2D eigenvalue weighted by atomic mass is 16.1. The lowest BCUT2D eigenvalue weighted by Crippen LogP contribution is -2.07. The van der Waals surface area contributed by atoms with Crippen LogP contribution in [-0.2, 0) is 4.79 Å². The molecule has 17 heavy (non-hydrogen) atoms. The molecule has 1 rings (SSSR count). The molecule has 0 atom stereocenters. The van der Waals surface area contributed by atoms with E-state index < -0.39 is 0 Å². The average Bonchev–Trinajstić information content (AvgIpc) is 2.14. The van der Waals surface area contributed by atoms with E-state index in [4.69, 9.17) is 0 Å². The first-order chi connectivity index (χ1) is 7.82. The summed E-state index contributed by atoms with van der Waals surface area (Å²) in [4.78, 5) is 11.7. The Bertz CT molecular complexity index is 444. The zero-order valence-corrected chi connectivity index (χ0v) is 11.7. The van der Waals surface area contributed by atoms with Crippen LogP contribution in [0.4, 0.5) is 0 Å². The molecule has 1 nitrogen and oxygen atoms in total. The van der Waals surface area contributed by atoms with Crippen molar-refractivity contribution < 1.29 is 4.79 Å². The molecule has 1 aromatic rings. The topological polar surface area (TPSA) is 17.1 Å². The molecule has 0 radical (unpaired) electrons. The summed E-state index contributed by atoms with van der Waals surface area (Å²) >= 11 is 0. The Morgan fingerprint density at radius 3 is 1.82 bits per heavy atom. The molecule has 0 bridgehead atoms. The normalized spacial score (nSPS) is 12.6. The highest BCUT2D eigenvalue weighted by Gasteiger charge is 2.13. The highest BCUT2D eigenvalue weighted by Crippen LogP contribution is 2.25. The summed E-state index contributed by atoms with van der Waals surface area (Å²) in [5.74, 6) is 0.449. The van der Waals surface area contributed by atoms with Gasteiger partial charge in [0, 0.05) is 5.57 Å². The van der Waals surface area contributed by atoms with Crippen LogP contribution < -0.4 is 0 Å². The molecule has 0 saturated heterocycles. The number of carbonyl (C=O) groups is 1. The molecule has 0 aliphatic heterocycles. The van der Waals surface area contributed by atoms with Crippen LogP contribution in [0.25, 0.3) is 5.57 Å². The lowest BCUT2D eigenvalue weighted by atomic mass is 9.90. The number of aryl methyl sites for hydroxylation is 2. The summed E-state index contributed by atoms with van der Waals surface area (Å²) < 4.78 is 0. The van der Waals surface area contributed by atoms with Crippen molar-refractivity contribution in [3.8, 4) is 0 Å². The molecule has 0 aliphatic rings. The fraction of sp³-hybridized carbons (Fsp3) is 0.438. The van der Waals surface area contributed by atoms with Crippen LogP contribution in [0.1, 0.15) is 44.4 Å². The molecule has 0 aromatic heterocycles. The van der Waals surface area contributed by atoms with E-state index in [0.717, 1.165) is 11.1 Å². The molecule has 0 amide bonds. The summed E-state index contributed by atoms with van der Waals surface area (Å²) in [6, 6.07) is 6.45. The van der Waals surface area contributed by atoms with Gasteiger partial charge >= 0.3 is 0 Å². The second kappa shape index (κ2) is 5.31. The molecule has 0 saturated carbocycles. The lowest BCUT2D eigenvalue weighted by molar-refractivity contribution is -0.113. The van der Waals surface area contributed by atoms with E-state index >= 15 is 0 Å². The number of hydrogen-bond acceptors (Lipinski definition) is 1. The number of rotatable bonds is 3. The molecule has 0 heterocycles. The summed E-state index contributed by atoms with van der Waals surface area (Å²) in [7, 11) is 0. The molecule has 92 valence electrons. The van der Waals surface area contributed by atoms with Crippen molar-refractivity contribution in [1.29, 1.82) is 0 Å². The second-order valence-electron chi connectivity index (χ2n) is 5.13. The smallest absolute Gasteiger partial charge is 0.156 e. The van der Waals surface area contributed by atoms with Crippen molar-refractivity contribution in [3.05, 3.63) is 40.5 Å². The molecular weight excluding hydrogens is 208 g/mol. The Morgan fingerprint density at radius 2 is 1.47 bits per heavy atom. The van der Waals surface area contributed by atoms with Crippen LogP contribution in [0.3, 0.4) is 0 Å². The van der Waals surface area contributed by atoms with Gasteiger partial charge in [-0.15, -0.1) is 0 Å². The number of Topliss-reactive ketones (excluding diaryl/α,β-unsaturated/α-hetero) is 1. The fourth-order valence-corrected chi connectivity index (χ4v) is 2.45. The average molecular weight is 230 g/mol. The number of benzene rings is 1. The van der Waals surface area contributed by atoms with E-state index in [0.29, 0.717) is 0 Å². The highest BCUT2D eigenvalue weighted by molar-refractivity contribution is 6.01. The molecule has 0 N–H and O–H groups in total. The molecule has 0 spiro atoms. The maximum absolute atomic E-state index is 11.7. The predicted octanol–water partition coefficient (Wildman–Crippen LogP) is 4.32. The molecule has 1 aromatic carbocycles. The Labute approximate surface area is 105 Å². The number of hydrogen-bond donors (Lipinski definition) is 0. The Balaban J connectivity index is 3.38. The third kappa shape index (κ3) is 3.29. The van der Waals surface area contributed by atoms with Crippen molar-refractivity contribution in [1.82, 2.24) is 0 Å². The largest absolute Gasteiger partial charge is 0.295 e. The maximum Gasteiger partial charge on any atom is 0.156 e. The van der Waals surface area contributed by atoms with Crippen molar-refractivity contribution >= 4 is 11.4 Å². The predicted molar refractivity (Wildman–Crippen MR) is 74.0 cm³/mol. The van der Waals surface area contributed by atoms with Crippen LogP contribution in [0, 0.1) is 19.8 Å². The van der Waals surface area contributed by atoms with Crippen LogP contribution >= 0.6 is 0 Å². The zero-order valence-electron chi connectivity index (χ0n) is 11.7. The Morgan fingerprint density at radius 1 is 1.00 bits per heavy atom. The van der Waals surface area contributed by atoms with Gasteiger partial charge in [-0.2, -0.15) is 0 Å². The van der Waals surface area contributed by atoms with E-state index in [1.54, 1.807) is 6.92 Å². The monoisotopic (exact) mass is 230 g/mol.